The summed E-state index contributed by atoms with van der Waals surface area (Å²) in [4.78, 5) is 19.9. The molecule has 0 bridgehead atoms. The van der Waals surface area contributed by atoms with Crippen molar-refractivity contribution in [2.75, 3.05) is 7.11 Å². The van der Waals surface area contributed by atoms with E-state index in [1.165, 1.54) is 31.4 Å². The smallest absolute Gasteiger partial charge is 0.335 e. The molecule has 0 amide bonds. The number of methoxy groups -OCH3 is 1. The van der Waals surface area contributed by atoms with Crippen molar-refractivity contribution in [1.29, 1.82) is 0 Å². The molecule has 1 aromatic rings. The van der Waals surface area contributed by atoms with Crippen molar-refractivity contribution in [2.45, 2.75) is 25.4 Å². The highest BCUT2D eigenvalue weighted by Crippen LogP contribution is 2.20. The van der Waals surface area contributed by atoms with E-state index in [0.29, 0.717) is 6.10 Å². The summed E-state index contributed by atoms with van der Waals surface area (Å²) in [5.74, 6) is -1.09. The number of rotatable bonds is 3. The molecule has 0 aliphatic heterocycles. The minimum Gasteiger partial charge on any atom is -0.478 e. The van der Waals surface area contributed by atoms with Gasteiger partial charge in [-0.15, -0.1) is 0 Å². The lowest BCUT2D eigenvalue weighted by Gasteiger charge is -2.22. The number of carboxylic acids is 1. The summed E-state index contributed by atoms with van der Waals surface area (Å²) in [6.07, 6.45) is 4.57. The van der Waals surface area contributed by atoms with E-state index in [1.54, 1.807) is 7.11 Å². The zero-order valence-corrected chi connectivity index (χ0v) is 10.0. The van der Waals surface area contributed by atoms with Gasteiger partial charge in [0.25, 0.3) is 5.69 Å². The summed E-state index contributed by atoms with van der Waals surface area (Å²) in [7, 11) is 1.78. The highest BCUT2D eigenvalue weighted by molar-refractivity contribution is 5.87. The molecule has 1 aliphatic rings. The second kappa shape index (κ2) is 6.70. The normalized spacial score (nSPS) is 14.1. The molecular weight excluding hydrogens is 238 g/mol. The molecule has 0 saturated heterocycles. The lowest BCUT2D eigenvalue weighted by molar-refractivity contribution is -0.384. The van der Waals surface area contributed by atoms with Gasteiger partial charge in [0.05, 0.1) is 16.6 Å². The van der Waals surface area contributed by atoms with Crippen LogP contribution in [-0.2, 0) is 4.74 Å². The zero-order valence-electron chi connectivity index (χ0n) is 10.0. The quantitative estimate of drug-likeness (QED) is 0.660. The molecule has 1 aromatic carbocycles. The first kappa shape index (κ1) is 14.1. The van der Waals surface area contributed by atoms with Gasteiger partial charge in [-0.25, -0.2) is 4.79 Å². The molecule has 18 heavy (non-hydrogen) atoms. The van der Waals surface area contributed by atoms with Crippen LogP contribution in [0.5, 0.6) is 0 Å². The predicted octanol–water partition coefficient (Wildman–Crippen LogP) is 2.48. The topological polar surface area (TPSA) is 89.7 Å². The molecule has 98 valence electrons. The Morgan fingerprint density at radius 3 is 2.17 bits per heavy atom. The summed E-state index contributed by atoms with van der Waals surface area (Å²) in [6, 6.07) is 4.70. The fourth-order valence-corrected chi connectivity index (χ4v) is 1.33. The second-order valence-corrected chi connectivity index (χ2v) is 3.90. The van der Waals surface area contributed by atoms with E-state index in [0.717, 1.165) is 12.1 Å². The molecule has 1 N–H and O–H groups in total. The van der Waals surface area contributed by atoms with E-state index in [2.05, 4.69) is 0 Å². The molecule has 0 atom stereocenters. The van der Waals surface area contributed by atoms with Gasteiger partial charge in [-0.1, -0.05) is 0 Å². The van der Waals surface area contributed by atoms with Gasteiger partial charge in [-0.3, -0.25) is 10.1 Å². The van der Waals surface area contributed by atoms with Gasteiger partial charge in [0, 0.05) is 19.2 Å². The van der Waals surface area contributed by atoms with Crippen molar-refractivity contribution < 1.29 is 19.6 Å². The van der Waals surface area contributed by atoms with E-state index in [4.69, 9.17) is 9.84 Å². The first-order chi connectivity index (χ1) is 8.54. The number of carboxylic acid groups (broad SMARTS) is 1. The van der Waals surface area contributed by atoms with Crippen LogP contribution >= 0.6 is 0 Å². The van der Waals surface area contributed by atoms with Gasteiger partial charge >= 0.3 is 5.97 Å². The third kappa shape index (κ3) is 4.14. The highest BCUT2D eigenvalue weighted by atomic mass is 16.6. The number of hydrogen-bond donors (Lipinski definition) is 1. The summed E-state index contributed by atoms with van der Waals surface area (Å²) >= 11 is 0. The molecule has 1 aliphatic carbocycles. The molecule has 1 saturated carbocycles. The molecule has 0 spiro atoms. The Kier molecular flexibility index (Phi) is 5.26. The average Bonchev–Trinajstić information content (AvgIpc) is 2.28. The maximum Gasteiger partial charge on any atom is 0.335 e. The molecule has 0 aromatic heterocycles. The minimum absolute atomic E-state index is 0.0422. The van der Waals surface area contributed by atoms with Crippen LogP contribution in [0.1, 0.15) is 29.6 Å². The number of carbonyl (C=O) groups is 1. The first-order valence-corrected chi connectivity index (χ1v) is 5.55. The van der Waals surface area contributed by atoms with Crippen molar-refractivity contribution in [2.24, 2.45) is 0 Å². The van der Waals surface area contributed by atoms with Crippen molar-refractivity contribution in [3.63, 3.8) is 0 Å². The Hall–Kier alpha value is -1.95. The van der Waals surface area contributed by atoms with Crippen LogP contribution < -0.4 is 0 Å². The fraction of sp³-hybridized carbons (Fsp3) is 0.417. The Balaban J connectivity index is 0.000000225. The predicted molar refractivity (Wildman–Crippen MR) is 64.7 cm³/mol. The molecule has 6 nitrogen and oxygen atoms in total. The van der Waals surface area contributed by atoms with Crippen LogP contribution in [-0.4, -0.2) is 29.2 Å². The fourth-order valence-electron chi connectivity index (χ4n) is 1.33. The van der Waals surface area contributed by atoms with Crippen molar-refractivity contribution in [1.82, 2.24) is 0 Å². The van der Waals surface area contributed by atoms with E-state index < -0.39 is 10.9 Å². The SMILES string of the molecule is COC1CCC1.O=C(O)c1ccc([N+](=O)[O-])cc1. The molecule has 0 unspecified atom stereocenters. The average molecular weight is 253 g/mol. The molecule has 6 heteroatoms. The van der Waals surface area contributed by atoms with Gasteiger partial charge in [-0.2, -0.15) is 0 Å². The van der Waals surface area contributed by atoms with Gasteiger partial charge in [0.15, 0.2) is 0 Å². The minimum atomic E-state index is -1.09. The van der Waals surface area contributed by atoms with Crippen LogP contribution in [0.4, 0.5) is 5.69 Å². The van der Waals surface area contributed by atoms with Gasteiger partial charge in [0.1, 0.15) is 0 Å². The van der Waals surface area contributed by atoms with Crippen LogP contribution in [0.15, 0.2) is 24.3 Å². The standard InChI is InChI=1S/C7H5NO4.C5H10O/c9-7(10)5-1-3-6(4-2-5)8(11)12;1-6-5-3-2-4-5/h1-4H,(H,9,10);5H,2-4H2,1H3. The summed E-state index contributed by atoms with van der Waals surface area (Å²) in [5.41, 5.74) is -0.0689. The number of aromatic carboxylic acids is 1. The second-order valence-electron chi connectivity index (χ2n) is 3.90. The summed E-state index contributed by atoms with van der Waals surface area (Å²) < 4.78 is 4.99. The Labute approximate surface area is 104 Å². The number of nitro groups is 1. The van der Waals surface area contributed by atoms with Crippen LogP contribution in [0, 0.1) is 10.1 Å². The molecule has 2 rings (SSSR count). The number of non-ortho nitro benzene ring substituents is 1. The van der Waals surface area contributed by atoms with Gasteiger partial charge in [-0.05, 0) is 31.4 Å². The van der Waals surface area contributed by atoms with E-state index in [-0.39, 0.29) is 11.3 Å². The number of nitro benzene ring substituents is 1. The Morgan fingerprint density at radius 1 is 1.39 bits per heavy atom. The van der Waals surface area contributed by atoms with Gasteiger partial charge in [0.2, 0.25) is 0 Å². The van der Waals surface area contributed by atoms with Crippen LogP contribution in [0.25, 0.3) is 0 Å². The van der Waals surface area contributed by atoms with Crippen LogP contribution in [0.2, 0.25) is 0 Å². The molecule has 1 fully saturated rings. The number of ether oxygens (including phenoxy) is 1. The van der Waals surface area contributed by atoms with Crippen molar-refractivity contribution in [3.05, 3.63) is 39.9 Å². The highest BCUT2D eigenvalue weighted by Gasteiger charge is 2.14. The zero-order chi connectivity index (χ0) is 13.5. The summed E-state index contributed by atoms with van der Waals surface area (Å²) in [5, 5.41) is 18.6. The van der Waals surface area contributed by atoms with Crippen LogP contribution in [0.3, 0.4) is 0 Å². The molecule has 0 heterocycles. The number of benzene rings is 1. The van der Waals surface area contributed by atoms with Gasteiger partial charge < -0.3 is 9.84 Å². The van der Waals surface area contributed by atoms with Crippen molar-refractivity contribution >= 4 is 11.7 Å². The number of hydrogen-bond acceptors (Lipinski definition) is 4. The Morgan fingerprint density at radius 2 is 1.94 bits per heavy atom. The van der Waals surface area contributed by atoms with Crippen molar-refractivity contribution in [3.8, 4) is 0 Å². The Bertz CT molecular complexity index is 375. The molecular formula is C12H15NO5. The lowest BCUT2D eigenvalue weighted by Crippen LogP contribution is -2.18. The van der Waals surface area contributed by atoms with E-state index in [9.17, 15) is 14.9 Å². The maximum absolute atomic E-state index is 10.3. The third-order valence-corrected chi connectivity index (χ3v) is 2.71. The molecule has 0 radical (unpaired) electrons. The number of nitrogens with zero attached hydrogens (tertiary/aromatic N) is 1. The largest absolute Gasteiger partial charge is 0.478 e. The first-order valence-electron chi connectivity index (χ1n) is 5.55. The maximum atomic E-state index is 10.3. The monoisotopic (exact) mass is 253 g/mol. The lowest BCUT2D eigenvalue weighted by atomic mass is 9.96. The summed E-state index contributed by atoms with van der Waals surface area (Å²) in [6.45, 7) is 0. The van der Waals surface area contributed by atoms with E-state index >= 15 is 0 Å². The van der Waals surface area contributed by atoms with E-state index in [1.807, 2.05) is 0 Å². The third-order valence-electron chi connectivity index (χ3n) is 2.71.